The van der Waals surface area contributed by atoms with E-state index < -0.39 is 0 Å². The Labute approximate surface area is 163 Å². The number of carbonyl (C=O) groups is 1. The van der Waals surface area contributed by atoms with E-state index in [1.165, 1.54) is 17.4 Å². The van der Waals surface area contributed by atoms with Gasteiger partial charge in [-0.3, -0.25) is 4.79 Å². The molecule has 2 aromatic rings. The highest BCUT2D eigenvalue weighted by molar-refractivity contribution is 7.09. The highest BCUT2D eigenvalue weighted by Gasteiger charge is 2.16. The van der Waals surface area contributed by atoms with Gasteiger partial charge in [0.05, 0.1) is 5.01 Å². The molecule has 1 fully saturated rings. The van der Waals surface area contributed by atoms with Crippen molar-refractivity contribution in [2.75, 3.05) is 19.6 Å². The van der Waals surface area contributed by atoms with Gasteiger partial charge >= 0.3 is 0 Å². The summed E-state index contributed by atoms with van der Waals surface area (Å²) in [6.07, 6.45) is 2.71. The van der Waals surface area contributed by atoms with Crippen LogP contribution < -0.4 is 10.6 Å². The monoisotopic (exact) mass is 405 g/mol. The molecule has 1 aromatic carbocycles. The van der Waals surface area contributed by atoms with Gasteiger partial charge in [0.2, 0.25) is 0 Å². The van der Waals surface area contributed by atoms with Crippen LogP contribution in [0.25, 0.3) is 0 Å². The van der Waals surface area contributed by atoms with Gasteiger partial charge in [-0.25, -0.2) is 9.37 Å². The lowest BCUT2D eigenvalue weighted by atomic mass is 10.00. The maximum atomic E-state index is 13.7. The van der Waals surface area contributed by atoms with Crippen molar-refractivity contribution >= 4 is 42.1 Å². The number of thiazole rings is 1. The molecule has 25 heavy (non-hydrogen) atoms. The lowest BCUT2D eigenvalue weighted by molar-refractivity contribution is 0.0940. The van der Waals surface area contributed by atoms with Gasteiger partial charge in [0, 0.05) is 18.3 Å². The number of benzene rings is 1. The van der Waals surface area contributed by atoms with E-state index in [1.807, 2.05) is 0 Å². The Morgan fingerprint density at radius 3 is 2.88 bits per heavy atom. The van der Waals surface area contributed by atoms with Crippen LogP contribution in [0.1, 0.15) is 33.9 Å². The number of halogens is 3. The first-order valence-corrected chi connectivity index (χ1v) is 8.77. The Morgan fingerprint density at radius 1 is 1.36 bits per heavy atom. The molecule has 3 rings (SSSR count). The lowest BCUT2D eigenvalue weighted by Gasteiger charge is -2.22. The number of carbonyl (C=O) groups excluding carboxylic acids is 1. The summed E-state index contributed by atoms with van der Waals surface area (Å²) in [6.45, 7) is 2.69. The molecule has 2 heterocycles. The number of rotatable bonds is 5. The Hall–Kier alpha value is -1.21. The maximum absolute atomic E-state index is 13.7. The van der Waals surface area contributed by atoms with Crippen LogP contribution in [0.2, 0.25) is 0 Å². The Bertz CT molecular complexity index is 677. The summed E-state index contributed by atoms with van der Waals surface area (Å²) < 4.78 is 13.7. The van der Waals surface area contributed by atoms with E-state index in [9.17, 15) is 9.18 Å². The largest absolute Gasteiger partial charge is 0.350 e. The van der Waals surface area contributed by atoms with Gasteiger partial charge in [-0.1, -0.05) is 18.2 Å². The van der Waals surface area contributed by atoms with Gasteiger partial charge in [0.25, 0.3) is 5.91 Å². The zero-order valence-corrected chi connectivity index (χ0v) is 16.1. The van der Waals surface area contributed by atoms with Gasteiger partial charge in [-0.2, -0.15) is 0 Å². The van der Waals surface area contributed by atoms with Gasteiger partial charge in [-0.05, 0) is 43.5 Å². The van der Waals surface area contributed by atoms with Crippen LogP contribution >= 0.6 is 36.2 Å². The van der Waals surface area contributed by atoms with Crippen molar-refractivity contribution in [1.29, 1.82) is 0 Å². The molecule has 1 aromatic heterocycles. The van der Waals surface area contributed by atoms with Crippen molar-refractivity contribution < 1.29 is 9.18 Å². The van der Waals surface area contributed by atoms with Crippen molar-refractivity contribution in [3.8, 4) is 0 Å². The normalized spacial score (nSPS) is 16.4. The predicted octanol–water partition coefficient (Wildman–Crippen LogP) is 3.45. The first-order chi connectivity index (χ1) is 11.2. The quantitative estimate of drug-likeness (QED) is 0.800. The Kier molecular flexibility index (Phi) is 9.35. The van der Waals surface area contributed by atoms with Crippen LogP contribution in [0.3, 0.4) is 0 Å². The number of hydrogen-bond acceptors (Lipinski definition) is 4. The van der Waals surface area contributed by atoms with Crippen LogP contribution in [0.5, 0.6) is 0 Å². The number of nitrogens with one attached hydrogen (secondary N) is 2. The average molecular weight is 406 g/mol. The molecule has 0 radical (unpaired) electrons. The zero-order chi connectivity index (χ0) is 16.1. The molecule has 1 aliphatic rings. The second-order valence-corrected chi connectivity index (χ2v) is 6.76. The molecule has 1 aliphatic heterocycles. The summed E-state index contributed by atoms with van der Waals surface area (Å²) in [5.41, 5.74) is 1.02. The molecule has 1 saturated heterocycles. The highest BCUT2D eigenvalue weighted by atomic mass is 35.5. The van der Waals surface area contributed by atoms with Crippen LogP contribution in [-0.2, 0) is 6.42 Å². The minimum absolute atomic E-state index is 0. The van der Waals surface area contributed by atoms with E-state index in [0.717, 1.165) is 30.9 Å². The molecule has 8 heteroatoms. The molecule has 1 amide bonds. The summed E-state index contributed by atoms with van der Waals surface area (Å²) >= 11 is 1.39. The molecule has 0 saturated carbocycles. The summed E-state index contributed by atoms with van der Waals surface area (Å²) in [7, 11) is 0. The molecule has 1 atom stereocenters. The van der Waals surface area contributed by atoms with Crippen molar-refractivity contribution in [1.82, 2.24) is 15.6 Å². The fourth-order valence-corrected chi connectivity index (χ4v) is 3.52. The molecule has 0 aliphatic carbocycles. The van der Waals surface area contributed by atoms with Crippen LogP contribution in [0, 0.1) is 11.7 Å². The summed E-state index contributed by atoms with van der Waals surface area (Å²) in [5, 5.41) is 8.77. The van der Waals surface area contributed by atoms with E-state index in [4.69, 9.17) is 0 Å². The third-order valence-corrected chi connectivity index (χ3v) is 4.88. The average Bonchev–Trinajstić information content (AvgIpc) is 3.04. The van der Waals surface area contributed by atoms with Crippen LogP contribution in [0.15, 0.2) is 29.6 Å². The molecule has 4 nitrogen and oxygen atoms in total. The number of piperidine rings is 1. The van der Waals surface area contributed by atoms with Gasteiger partial charge in [-0.15, -0.1) is 36.2 Å². The molecule has 0 bridgehead atoms. The topological polar surface area (TPSA) is 54.0 Å². The van der Waals surface area contributed by atoms with E-state index in [-0.39, 0.29) is 36.5 Å². The highest BCUT2D eigenvalue weighted by Crippen LogP contribution is 2.17. The number of aromatic nitrogens is 1. The summed E-state index contributed by atoms with van der Waals surface area (Å²) in [6, 6.07) is 6.65. The first kappa shape index (κ1) is 21.8. The molecule has 138 valence electrons. The van der Waals surface area contributed by atoms with Gasteiger partial charge < -0.3 is 10.6 Å². The second-order valence-electron chi connectivity index (χ2n) is 5.82. The van der Waals surface area contributed by atoms with Crippen LogP contribution in [0.4, 0.5) is 4.39 Å². The fraction of sp³-hybridized carbons (Fsp3) is 0.412. The van der Waals surface area contributed by atoms with Crippen molar-refractivity contribution in [3.05, 3.63) is 51.7 Å². The van der Waals surface area contributed by atoms with Crippen molar-refractivity contribution in [2.45, 2.75) is 19.3 Å². The Morgan fingerprint density at radius 2 is 2.16 bits per heavy atom. The lowest BCUT2D eigenvalue weighted by Crippen LogP contribution is -2.38. The maximum Gasteiger partial charge on any atom is 0.270 e. The number of hydrogen-bond donors (Lipinski definition) is 2. The van der Waals surface area contributed by atoms with Gasteiger partial charge in [0.15, 0.2) is 0 Å². The Balaban J connectivity index is 0.00000156. The minimum atomic E-state index is -0.237. The molecule has 0 spiro atoms. The summed E-state index contributed by atoms with van der Waals surface area (Å²) in [4.78, 5) is 16.5. The molecule has 2 N–H and O–H groups in total. The third kappa shape index (κ3) is 6.22. The predicted molar refractivity (Wildman–Crippen MR) is 104 cm³/mol. The molecule has 1 unspecified atom stereocenters. The molecular formula is C17H22Cl2FN3OS. The second kappa shape index (κ2) is 10.7. The fourth-order valence-electron chi connectivity index (χ4n) is 2.73. The van der Waals surface area contributed by atoms with Crippen molar-refractivity contribution in [3.63, 3.8) is 0 Å². The van der Waals surface area contributed by atoms with Gasteiger partial charge in [0.1, 0.15) is 11.5 Å². The summed E-state index contributed by atoms with van der Waals surface area (Å²) in [5.74, 6) is 0.106. The minimum Gasteiger partial charge on any atom is -0.350 e. The number of amides is 1. The first-order valence-electron chi connectivity index (χ1n) is 7.89. The van der Waals surface area contributed by atoms with Crippen molar-refractivity contribution in [2.24, 2.45) is 5.92 Å². The van der Waals surface area contributed by atoms with Crippen LogP contribution in [-0.4, -0.2) is 30.5 Å². The smallest absolute Gasteiger partial charge is 0.270 e. The standard InChI is InChI=1S/C17H20FN3OS.2ClH/c18-14-6-2-1-5-13(14)8-16-21-15(11-23-16)17(22)20-10-12-4-3-7-19-9-12;;/h1-2,5-6,11-12,19H,3-4,7-10H2,(H,20,22);2*1H. The van der Waals surface area contributed by atoms with E-state index in [0.29, 0.717) is 30.1 Å². The molecular weight excluding hydrogens is 384 g/mol. The zero-order valence-electron chi connectivity index (χ0n) is 13.7. The number of nitrogens with zero attached hydrogens (tertiary/aromatic N) is 1. The van der Waals surface area contributed by atoms with E-state index in [1.54, 1.807) is 23.6 Å². The SMILES string of the molecule is Cl.Cl.O=C(NCC1CCCNC1)c1csc(Cc2ccccc2F)n1. The van der Waals surface area contributed by atoms with E-state index >= 15 is 0 Å². The van der Waals surface area contributed by atoms with E-state index in [2.05, 4.69) is 15.6 Å². The third-order valence-electron chi connectivity index (χ3n) is 4.03.